The van der Waals surface area contributed by atoms with E-state index >= 15 is 0 Å². The lowest BCUT2D eigenvalue weighted by Gasteiger charge is -2.34. The third-order valence-corrected chi connectivity index (χ3v) is 2.99. The molecule has 1 saturated heterocycles. The minimum absolute atomic E-state index is 0.403. The highest BCUT2D eigenvalue weighted by molar-refractivity contribution is 5.47. The first-order valence-electron chi connectivity index (χ1n) is 5.73. The van der Waals surface area contributed by atoms with Crippen LogP contribution < -0.4 is 4.90 Å². The molecule has 0 saturated carbocycles. The Balaban J connectivity index is 2.06. The quantitative estimate of drug-likeness (QED) is 0.736. The van der Waals surface area contributed by atoms with E-state index in [4.69, 9.17) is 4.74 Å². The molecule has 1 heterocycles. The van der Waals surface area contributed by atoms with E-state index in [1.807, 2.05) is 0 Å². The van der Waals surface area contributed by atoms with Gasteiger partial charge in [0.1, 0.15) is 0 Å². The smallest absolute Gasteiger partial charge is 0.0748 e. The average molecular weight is 205 g/mol. The minimum atomic E-state index is 0.403. The Morgan fingerprint density at radius 3 is 2.73 bits per heavy atom. The number of anilines is 1. The van der Waals surface area contributed by atoms with E-state index in [1.165, 1.54) is 11.3 Å². The highest BCUT2D eigenvalue weighted by Crippen LogP contribution is 2.19. The summed E-state index contributed by atoms with van der Waals surface area (Å²) in [5, 5.41) is 0. The van der Waals surface area contributed by atoms with Crippen molar-refractivity contribution in [3.05, 3.63) is 29.8 Å². The molecule has 0 aromatic heterocycles. The predicted molar refractivity (Wildman–Crippen MR) is 63.4 cm³/mol. The van der Waals surface area contributed by atoms with Crippen molar-refractivity contribution < 1.29 is 4.74 Å². The van der Waals surface area contributed by atoms with E-state index < -0.39 is 0 Å². The number of morpholine rings is 1. The van der Waals surface area contributed by atoms with E-state index in [9.17, 15) is 0 Å². The summed E-state index contributed by atoms with van der Waals surface area (Å²) in [6.45, 7) is 7.20. The van der Waals surface area contributed by atoms with Crippen molar-refractivity contribution in [2.24, 2.45) is 0 Å². The van der Waals surface area contributed by atoms with Gasteiger partial charge in [-0.3, -0.25) is 0 Å². The molecule has 1 unspecified atom stereocenters. The highest BCUT2D eigenvalue weighted by Gasteiger charge is 2.18. The Labute approximate surface area is 91.9 Å². The molecule has 1 aliphatic rings. The fraction of sp³-hybridized carbons (Fsp3) is 0.538. The summed E-state index contributed by atoms with van der Waals surface area (Å²) in [6.07, 6.45) is 1.50. The number of hydrogen-bond donors (Lipinski definition) is 0. The molecule has 1 aromatic carbocycles. The monoisotopic (exact) mass is 205 g/mol. The highest BCUT2D eigenvalue weighted by atomic mass is 16.5. The van der Waals surface area contributed by atoms with Gasteiger partial charge in [-0.1, -0.05) is 24.6 Å². The molecule has 0 aliphatic carbocycles. The Hall–Kier alpha value is -1.02. The van der Waals surface area contributed by atoms with E-state index in [0.717, 1.165) is 26.1 Å². The first-order valence-corrected chi connectivity index (χ1v) is 5.73. The minimum Gasteiger partial charge on any atom is -0.375 e. The van der Waals surface area contributed by atoms with Crippen LogP contribution in [-0.2, 0) is 4.74 Å². The molecule has 0 spiro atoms. The first kappa shape index (κ1) is 10.5. The number of hydrogen-bond acceptors (Lipinski definition) is 2. The SMILES string of the molecule is CCC1CN(c2ccc(C)cc2)CCO1. The lowest BCUT2D eigenvalue weighted by molar-refractivity contribution is 0.0384. The maximum absolute atomic E-state index is 5.66. The zero-order valence-electron chi connectivity index (χ0n) is 9.57. The van der Waals surface area contributed by atoms with Gasteiger partial charge in [0.15, 0.2) is 0 Å². The molecule has 1 aliphatic heterocycles. The third kappa shape index (κ3) is 2.51. The molecule has 0 N–H and O–H groups in total. The lowest BCUT2D eigenvalue weighted by atomic mass is 10.1. The van der Waals surface area contributed by atoms with Gasteiger partial charge >= 0.3 is 0 Å². The Morgan fingerprint density at radius 1 is 1.33 bits per heavy atom. The second kappa shape index (κ2) is 4.67. The maximum Gasteiger partial charge on any atom is 0.0748 e. The van der Waals surface area contributed by atoms with Gasteiger partial charge in [0, 0.05) is 18.8 Å². The molecule has 2 heteroatoms. The van der Waals surface area contributed by atoms with Crippen molar-refractivity contribution >= 4 is 5.69 Å². The lowest BCUT2D eigenvalue weighted by Crippen LogP contribution is -2.42. The average Bonchev–Trinajstić information content (AvgIpc) is 2.30. The van der Waals surface area contributed by atoms with E-state index in [2.05, 4.69) is 43.0 Å². The van der Waals surface area contributed by atoms with Gasteiger partial charge in [-0.15, -0.1) is 0 Å². The molecule has 0 amide bonds. The van der Waals surface area contributed by atoms with E-state index in [1.54, 1.807) is 0 Å². The van der Waals surface area contributed by atoms with Gasteiger partial charge in [0.05, 0.1) is 12.7 Å². The molecule has 82 valence electrons. The Bertz CT molecular complexity index is 307. The molecule has 0 radical (unpaired) electrons. The van der Waals surface area contributed by atoms with Crippen LogP contribution in [0.5, 0.6) is 0 Å². The summed E-state index contributed by atoms with van der Waals surface area (Å²) in [7, 11) is 0. The molecular formula is C13H19NO. The second-order valence-electron chi connectivity index (χ2n) is 4.18. The summed E-state index contributed by atoms with van der Waals surface area (Å²) >= 11 is 0. The molecule has 15 heavy (non-hydrogen) atoms. The Morgan fingerprint density at radius 2 is 2.07 bits per heavy atom. The predicted octanol–water partition coefficient (Wildman–Crippen LogP) is 2.61. The summed E-state index contributed by atoms with van der Waals surface area (Å²) in [5.74, 6) is 0. The topological polar surface area (TPSA) is 12.5 Å². The zero-order valence-corrected chi connectivity index (χ0v) is 9.57. The molecule has 2 rings (SSSR count). The van der Waals surface area contributed by atoms with Crippen LogP contribution in [0.15, 0.2) is 24.3 Å². The summed E-state index contributed by atoms with van der Waals surface area (Å²) in [4.78, 5) is 2.41. The molecule has 1 atom stereocenters. The van der Waals surface area contributed by atoms with Crippen LogP contribution in [0.4, 0.5) is 5.69 Å². The molecular weight excluding hydrogens is 186 g/mol. The van der Waals surface area contributed by atoms with E-state index in [-0.39, 0.29) is 0 Å². The fourth-order valence-corrected chi connectivity index (χ4v) is 1.96. The van der Waals surface area contributed by atoms with Crippen molar-refractivity contribution in [3.63, 3.8) is 0 Å². The van der Waals surface area contributed by atoms with Gasteiger partial charge < -0.3 is 9.64 Å². The third-order valence-electron chi connectivity index (χ3n) is 2.99. The summed E-state index contributed by atoms with van der Waals surface area (Å²) in [5.41, 5.74) is 2.64. The van der Waals surface area contributed by atoms with Gasteiger partial charge in [-0.25, -0.2) is 0 Å². The van der Waals surface area contributed by atoms with Crippen LogP contribution in [0.1, 0.15) is 18.9 Å². The van der Waals surface area contributed by atoms with Gasteiger partial charge in [0.25, 0.3) is 0 Å². The van der Waals surface area contributed by atoms with Crippen molar-refractivity contribution in [1.82, 2.24) is 0 Å². The van der Waals surface area contributed by atoms with E-state index in [0.29, 0.717) is 6.10 Å². The molecule has 0 bridgehead atoms. The van der Waals surface area contributed by atoms with Crippen LogP contribution in [0.2, 0.25) is 0 Å². The number of nitrogens with zero attached hydrogens (tertiary/aromatic N) is 1. The standard InChI is InChI=1S/C13H19NO/c1-3-13-10-14(8-9-15-13)12-6-4-11(2)5-7-12/h4-7,13H,3,8-10H2,1-2H3. The molecule has 1 aromatic rings. The van der Waals surface area contributed by atoms with Crippen molar-refractivity contribution in [3.8, 4) is 0 Å². The number of benzene rings is 1. The normalized spacial score (nSPS) is 21.7. The van der Waals surface area contributed by atoms with Crippen LogP contribution in [0.3, 0.4) is 0 Å². The van der Waals surface area contributed by atoms with Gasteiger partial charge in [0.2, 0.25) is 0 Å². The van der Waals surface area contributed by atoms with Gasteiger partial charge in [-0.05, 0) is 25.5 Å². The van der Waals surface area contributed by atoms with Crippen LogP contribution in [0, 0.1) is 6.92 Å². The fourth-order valence-electron chi connectivity index (χ4n) is 1.96. The number of aryl methyl sites for hydroxylation is 1. The van der Waals surface area contributed by atoms with Crippen molar-refractivity contribution in [2.45, 2.75) is 26.4 Å². The molecule has 2 nitrogen and oxygen atoms in total. The zero-order chi connectivity index (χ0) is 10.7. The van der Waals surface area contributed by atoms with Crippen LogP contribution in [-0.4, -0.2) is 25.8 Å². The van der Waals surface area contributed by atoms with Crippen molar-refractivity contribution in [1.29, 1.82) is 0 Å². The summed E-state index contributed by atoms with van der Waals surface area (Å²) in [6, 6.07) is 8.75. The van der Waals surface area contributed by atoms with Gasteiger partial charge in [-0.2, -0.15) is 0 Å². The second-order valence-corrected chi connectivity index (χ2v) is 4.18. The molecule has 1 fully saturated rings. The van der Waals surface area contributed by atoms with Crippen LogP contribution in [0.25, 0.3) is 0 Å². The summed E-state index contributed by atoms with van der Waals surface area (Å²) < 4.78 is 5.66. The van der Waals surface area contributed by atoms with Crippen LogP contribution >= 0.6 is 0 Å². The largest absolute Gasteiger partial charge is 0.375 e. The first-order chi connectivity index (χ1) is 7.29. The number of ether oxygens (including phenoxy) is 1. The van der Waals surface area contributed by atoms with Crippen molar-refractivity contribution in [2.75, 3.05) is 24.6 Å². The maximum atomic E-state index is 5.66. The number of rotatable bonds is 2. The Kier molecular flexibility index (Phi) is 3.27.